The highest BCUT2D eigenvalue weighted by molar-refractivity contribution is 7.97. The Labute approximate surface area is 157 Å². The maximum Gasteiger partial charge on any atom is 0.416 e. The molecule has 6 nitrogen and oxygen atoms in total. The highest BCUT2D eigenvalue weighted by Crippen LogP contribution is 2.29. The summed E-state index contributed by atoms with van der Waals surface area (Å²) < 4.78 is 43.1. The molecule has 0 aliphatic carbocycles. The Hall–Kier alpha value is -0.880. The third-order valence-electron chi connectivity index (χ3n) is 4.51. The third-order valence-corrected chi connectivity index (χ3v) is 7.33. The van der Waals surface area contributed by atoms with Crippen molar-refractivity contribution in [2.75, 3.05) is 24.7 Å². The molecule has 1 aromatic rings. The van der Waals surface area contributed by atoms with Crippen LogP contribution < -0.4 is 0 Å². The fraction of sp³-hybridized carbons (Fsp3) is 0.647. The van der Waals surface area contributed by atoms with Gasteiger partial charge in [-0.05, 0) is 17.7 Å². The molecule has 6 atom stereocenters. The van der Waals surface area contributed by atoms with Crippen LogP contribution in [-0.2, 0) is 28.4 Å². The molecule has 1 saturated heterocycles. The summed E-state index contributed by atoms with van der Waals surface area (Å²) in [6, 6.07) is 4.38. The topological polar surface area (TPSA) is 110 Å². The molecule has 1 aliphatic rings. The molecule has 0 spiro atoms. The summed E-state index contributed by atoms with van der Waals surface area (Å²) in [5, 5.41) is 48.1. The SMILES string of the molecule is OC[C@H](OCc1ccc(C(F)(F)F)cc1)[C@H](O)C[S+]1C[C@@H](O)[C@H](O)[C@H]1CO. The van der Waals surface area contributed by atoms with E-state index >= 15 is 0 Å². The van der Waals surface area contributed by atoms with Gasteiger partial charge in [0.15, 0.2) is 5.25 Å². The van der Waals surface area contributed by atoms with Crippen molar-refractivity contribution in [3.8, 4) is 0 Å². The maximum absolute atomic E-state index is 12.6. The molecular weight excluding hydrogens is 389 g/mol. The number of benzene rings is 1. The van der Waals surface area contributed by atoms with E-state index in [0.717, 1.165) is 12.1 Å². The normalized spacial score (nSPS) is 28.3. The van der Waals surface area contributed by atoms with Gasteiger partial charge in [0.05, 0.1) is 25.4 Å². The number of halogens is 3. The summed E-state index contributed by atoms with van der Waals surface area (Å²) in [4.78, 5) is 0. The second-order valence-corrected chi connectivity index (χ2v) is 8.79. The number of hydrogen-bond donors (Lipinski definition) is 5. The van der Waals surface area contributed by atoms with Crippen LogP contribution in [-0.4, -0.2) is 79.9 Å². The second-order valence-electron chi connectivity index (χ2n) is 6.44. The number of hydrogen-bond acceptors (Lipinski definition) is 6. The number of aliphatic hydroxyl groups is 5. The lowest BCUT2D eigenvalue weighted by atomic mass is 10.1. The van der Waals surface area contributed by atoms with Gasteiger partial charge in [-0.2, -0.15) is 13.2 Å². The Kier molecular flexibility index (Phi) is 7.93. The van der Waals surface area contributed by atoms with E-state index in [1.807, 2.05) is 0 Å². The molecule has 0 amide bonds. The second kappa shape index (κ2) is 9.55. The average molecular weight is 413 g/mol. The predicted octanol–water partition coefficient (Wildman–Crippen LogP) is -0.342. The van der Waals surface area contributed by atoms with Crippen molar-refractivity contribution in [3.63, 3.8) is 0 Å². The van der Waals surface area contributed by atoms with Crippen molar-refractivity contribution in [3.05, 3.63) is 35.4 Å². The van der Waals surface area contributed by atoms with E-state index in [1.165, 1.54) is 12.1 Å². The highest BCUT2D eigenvalue weighted by atomic mass is 32.2. The van der Waals surface area contributed by atoms with Gasteiger partial charge >= 0.3 is 6.18 Å². The first-order valence-electron chi connectivity index (χ1n) is 8.37. The van der Waals surface area contributed by atoms with Crippen LogP contribution >= 0.6 is 0 Å². The molecule has 154 valence electrons. The monoisotopic (exact) mass is 413 g/mol. The standard InChI is InChI=1S/C17H24F3O6S/c18-17(19,20)11-3-1-10(2-4-11)7-26-14(5-21)12(23)8-27-9-13(24)16(25)15(27)6-22/h1-4,12-16,21-25H,5-9H2/q+1/t12-,13-,14+,15-,16+,27?/m1/s1. The van der Waals surface area contributed by atoms with Crippen LogP contribution in [0.3, 0.4) is 0 Å². The molecule has 0 aromatic heterocycles. The van der Waals surface area contributed by atoms with E-state index in [0.29, 0.717) is 5.56 Å². The number of ether oxygens (including phenoxy) is 1. The number of rotatable bonds is 8. The molecule has 1 aliphatic heterocycles. The molecule has 1 fully saturated rings. The summed E-state index contributed by atoms with van der Waals surface area (Å²) in [5.74, 6) is 0.359. The summed E-state index contributed by atoms with van der Waals surface area (Å²) in [6.07, 6.45) is -8.55. The summed E-state index contributed by atoms with van der Waals surface area (Å²) in [5.41, 5.74) is -0.323. The fourth-order valence-corrected chi connectivity index (χ4v) is 5.60. The van der Waals surface area contributed by atoms with Crippen LogP contribution in [0.2, 0.25) is 0 Å². The van der Waals surface area contributed by atoms with Crippen LogP contribution in [0, 0.1) is 0 Å². The molecule has 10 heteroatoms. The lowest BCUT2D eigenvalue weighted by molar-refractivity contribution is -0.137. The summed E-state index contributed by atoms with van der Waals surface area (Å²) in [7, 11) is -0.655. The van der Waals surface area contributed by atoms with Crippen LogP contribution in [0.15, 0.2) is 24.3 Å². The summed E-state index contributed by atoms with van der Waals surface area (Å²) >= 11 is 0. The number of alkyl halides is 3. The quantitative estimate of drug-likeness (QED) is 0.373. The Balaban J connectivity index is 1.90. The first-order valence-corrected chi connectivity index (χ1v) is 10.00. The Bertz CT molecular complexity index is 585. The van der Waals surface area contributed by atoms with Gasteiger partial charge in [-0.15, -0.1) is 0 Å². The van der Waals surface area contributed by atoms with Gasteiger partial charge < -0.3 is 30.3 Å². The summed E-state index contributed by atoms with van der Waals surface area (Å²) in [6.45, 7) is -0.930. The van der Waals surface area contributed by atoms with E-state index in [4.69, 9.17) is 4.74 Å². The van der Waals surface area contributed by atoms with E-state index < -0.39 is 58.9 Å². The molecule has 0 bridgehead atoms. The minimum atomic E-state index is -4.43. The molecule has 0 radical (unpaired) electrons. The molecule has 1 aromatic carbocycles. The lowest BCUT2D eigenvalue weighted by Gasteiger charge is -2.22. The maximum atomic E-state index is 12.6. The van der Waals surface area contributed by atoms with E-state index in [1.54, 1.807) is 0 Å². The smallest absolute Gasteiger partial charge is 0.394 e. The lowest BCUT2D eigenvalue weighted by Crippen LogP contribution is -2.42. The van der Waals surface area contributed by atoms with Gasteiger partial charge in [0.25, 0.3) is 0 Å². The fourth-order valence-electron chi connectivity index (χ4n) is 2.90. The Morgan fingerprint density at radius 3 is 2.30 bits per heavy atom. The van der Waals surface area contributed by atoms with E-state index in [9.17, 15) is 38.7 Å². The zero-order chi connectivity index (χ0) is 20.2. The van der Waals surface area contributed by atoms with Gasteiger partial charge in [-0.1, -0.05) is 12.1 Å². The van der Waals surface area contributed by atoms with Gasteiger partial charge in [0, 0.05) is 10.9 Å². The van der Waals surface area contributed by atoms with Crippen molar-refractivity contribution in [2.45, 2.75) is 42.4 Å². The van der Waals surface area contributed by atoms with Crippen LogP contribution in [0.25, 0.3) is 0 Å². The third kappa shape index (κ3) is 5.80. The van der Waals surface area contributed by atoms with Crippen molar-refractivity contribution in [1.29, 1.82) is 0 Å². The van der Waals surface area contributed by atoms with Crippen molar-refractivity contribution in [2.24, 2.45) is 0 Å². The van der Waals surface area contributed by atoms with Crippen molar-refractivity contribution in [1.82, 2.24) is 0 Å². The minimum absolute atomic E-state index is 0.0944. The first-order chi connectivity index (χ1) is 12.7. The van der Waals surface area contributed by atoms with Crippen LogP contribution in [0.4, 0.5) is 13.2 Å². The number of aliphatic hydroxyl groups excluding tert-OH is 5. The van der Waals surface area contributed by atoms with Gasteiger partial charge in [0.2, 0.25) is 0 Å². The minimum Gasteiger partial charge on any atom is -0.394 e. The molecule has 2 rings (SSSR count). The molecule has 5 N–H and O–H groups in total. The molecule has 1 unspecified atom stereocenters. The van der Waals surface area contributed by atoms with Crippen LogP contribution in [0.1, 0.15) is 11.1 Å². The zero-order valence-corrected chi connectivity index (χ0v) is 15.2. The van der Waals surface area contributed by atoms with Gasteiger partial charge in [-0.25, -0.2) is 0 Å². The van der Waals surface area contributed by atoms with Crippen molar-refractivity contribution >= 4 is 10.9 Å². The van der Waals surface area contributed by atoms with E-state index in [-0.39, 0.29) is 24.7 Å². The van der Waals surface area contributed by atoms with Crippen LogP contribution in [0.5, 0.6) is 0 Å². The molecule has 1 heterocycles. The first kappa shape index (κ1) is 22.4. The molecule has 27 heavy (non-hydrogen) atoms. The zero-order valence-electron chi connectivity index (χ0n) is 14.4. The van der Waals surface area contributed by atoms with Gasteiger partial charge in [0.1, 0.15) is 35.9 Å². The largest absolute Gasteiger partial charge is 0.416 e. The van der Waals surface area contributed by atoms with Crippen molar-refractivity contribution < 1.29 is 43.4 Å². The Morgan fingerprint density at radius 1 is 1.15 bits per heavy atom. The molecular formula is C17H24F3O6S+. The van der Waals surface area contributed by atoms with E-state index in [2.05, 4.69) is 0 Å². The Morgan fingerprint density at radius 2 is 1.78 bits per heavy atom. The highest BCUT2D eigenvalue weighted by Gasteiger charge is 2.50. The molecule has 0 saturated carbocycles. The predicted molar refractivity (Wildman–Crippen MR) is 93.1 cm³/mol. The van der Waals surface area contributed by atoms with Gasteiger partial charge in [-0.3, -0.25) is 0 Å². The average Bonchev–Trinajstić information content (AvgIpc) is 2.88.